The van der Waals surface area contributed by atoms with Gasteiger partial charge in [0.25, 0.3) is 0 Å². The summed E-state index contributed by atoms with van der Waals surface area (Å²) in [5.74, 6) is 0.183. The lowest BCUT2D eigenvalue weighted by molar-refractivity contribution is -0.137. The Hall–Kier alpha value is -1.74. The molecule has 0 aliphatic carbocycles. The third kappa shape index (κ3) is 5.72. The molecule has 134 valence electrons. The number of nitrogens with zero attached hydrogens (tertiary/aromatic N) is 2. The Morgan fingerprint density at radius 3 is 2.46 bits per heavy atom. The first kappa shape index (κ1) is 20.3. The van der Waals surface area contributed by atoms with Crippen LogP contribution in [0.1, 0.15) is 19.4 Å². The fraction of sp³-hybridized carbons (Fsp3) is 0.467. The fourth-order valence-corrected chi connectivity index (χ4v) is 2.73. The third-order valence-corrected chi connectivity index (χ3v) is 4.23. The van der Waals surface area contributed by atoms with Crippen molar-refractivity contribution in [3.8, 4) is 0 Å². The summed E-state index contributed by atoms with van der Waals surface area (Å²) in [5, 5.41) is 12.1. The molecule has 0 saturated heterocycles. The molecule has 0 fully saturated rings. The van der Waals surface area contributed by atoms with Crippen LogP contribution in [0.3, 0.4) is 0 Å². The van der Waals surface area contributed by atoms with Crippen LogP contribution in [0.25, 0.3) is 0 Å². The van der Waals surface area contributed by atoms with Crippen LogP contribution in [0.4, 0.5) is 19.0 Å². The second-order valence-electron chi connectivity index (χ2n) is 4.93. The van der Waals surface area contributed by atoms with Crippen molar-refractivity contribution < 1.29 is 23.1 Å². The lowest BCUT2D eigenvalue weighted by Crippen LogP contribution is -2.32. The predicted molar refractivity (Wildman–Crippen MR) is 88.4 cm³/mol. The molecule has 5 nitrogen and oxygen atoms in total. The summed E-state index contributed by atoms with van der Waals surface area (Å²) < 4.78 is 37.5. The number of hydrogen-bond acceptors (Lipinski definition) is 6. The number of ketones is 1. The molecule has 0 aromatic carbocycles. The minimum absolute atomic E-state index is 0.0874. The lowest BCUT2D eigenvalue weighted by atomic mass is 10.3. The van der Waals surface area contributed by atoms with Crippen molar-refractivity contribution in [3.63, 3.8) is 0 Å². The van der Waals surface area contributed by atoms with E-state index in [4.69, 9.17) is 0 Å². The number of nitrogens with one attached hydrogen (secondary N) is 1. The summed E-state index contributed by atoms with van der Waals surface area (Å²) in [6.07, 6.45) is -1.89. The van der Waals surface area contributed by atoms with Gasteiger partial charge in [-0.3, -0.25) is 4.79 Å². The van der Waals surface area contributed by atoms with E-state index >= 15 is 0 Å². The number of carbonyl (C=O) groups is 1. The molecule has 0 amide bonds. The molecule has 2 N–H and O–H groups in total. The van der Waals surface area contributed by atoms with Crippen molar-refractivity contribution in [2.45, 2.75) is 20.0 Å². The summed E-state index contributed by atoms with van der Waals surface area (Å²) >= 11 is 1.31. The van der Waals surface area contributed by atoms with E-state index in [-0.39, 0.29) is 31.4 Å². The Labute approximate surface area is 142 Å². The van der Waals surface area contributed by atoms with Gasteiger partial charge in [0.05, 0.1) is 23.7 Å². The van der Waals surface area contributed by atoms with Crippen molar-refractivity contribution in [1.82, 2.24) is 9.88 Å². The maximum atomic E-state index is 12.5. The quantitative estimate of drug-likeness (QED) is 0.547. The highest BCUT2D eigenvalue weighted by Crippen LogP contribution is 2.29. The number of aliphatic hydroxyl groups is 1. The number of rotatable bonds is 8. The molecule has 1 heterocycles. The Morgan fingerprint density at radius 1 is 1.38 bits per heavy atom. The molecule has 1 aromatic heterocycles. The maximum Gasteiger partial charge on any atom is 0.417 e. The zero-order valence-electron chi connectivity index (χ0n) is 13.6. The molecular formula is C15H20F3N3O2S. The molecule has 0 saturated carbocycles. The Kier molecular flexibility index (Phi) is 7.56. The van der Waals surface area contributed by atoms with Crippen LogP contribution in [-0.2, 0) is 11.0 Å². The van der Waals surface area contributed by atoms with Gasteiger partial charge in [0, 0.05) is 18.4 Å². The summed E-state index contributed by atoms with van der Waals surface area (Å²) in [6.45, 7) is 3.56. The monoisotopic (exact) mass is 363 g/mol. The van der Waals surface area contributed by atoms with Crippen LogP contribution in [0, 0.1) is 0 Å². The van der Waals surface area contributed by atoms with E-state index in [1.165, 1.54) is 24.8 Å². The maximum absolute atomic E-state index is 12.5. The van der Waals surface area contributed by atoms with E-state index in [1.54, 1.807) is 18.1 Å². The minimum Gasteiger partial charge on any atom is -0.395 e. The molecule has 0 bridgehead atoms. The van der Waals surface area contributed by atoms with Crippen LogP contribution in [0.2, 0.25) is 0 Å². The first-order chi connectivity index (χ1) is 11.2. The number of allylic oxidation sites excluding steroid dienone is 2. The largest absolute Gasteiger partial charge is 0.417 e. The molecule has 0 radical (unpaired) electrons. The number of Topliss-reactive ketones (excluding diaryl/α,β-unsaturated/α-hetero) is 1. The van der Waals surface area contributed by atoms with E-state index < -0.39 is 11.7 Å². The van der Waals surface area contributed by atoms with Crippen molar-refractivity contribution >= 4 is 23.4 Å². The van der Waals surface area contributed by atoms with Crippen molar-refractivity contribution in [1.29, 1.82) is 0 Å². The average molecular weight is 363 g/mol. The first-order valence-corrected chi connectivity index (χ1v) is 8.32. The van der Waals surface area contributed by atoms with Crippen molar-refractivity contribution in [2.75, 3.05) is 31.4 Å². The highest BCUT2D eigenvalue weighted by Gasteiger charge is 2.30. The van der Waals surface area contributed by atoms with E-state index in [2.05, 4.69) is 10.3 Å². The molecule has 1 rings (SSSR count). The lowest BCUT2D eigenvalue weighted by Gasteiger charge is -2.26. The van der Waals surface area contributed by atoms with Gasteiger partial charge >= 0.3 is 6.18 Å². The molecule has 0 aliphatic rings. The van der Waals surface area contributed by atoms with Crippen LogP contribution >= 0.6 is 11.8 Å². The number of aliphatic hydroxyl groups excluding tert-OH is 1. The number of halogens is 3. The number of pyridine rings is 1. The fourth-order valence-electron chi connectivity index (χ4n) is 2.02. The van der Waals surface area contributed by atoms with Crippen molar-refractivity contribution in [2.24, 2.45) is 0 Å². The number of aromatic nitrogens is 1. The number of alkyl halides is 3. The van der Waals surface area contributed by atoms with E-state index in [0.29, 0.717) is 10.6 Å². The predicted octanol–water partition coefficient (Wildman–Crippen LogP) is 2.95. The van der Waals surface area contributed by atoms with Gasteiger partial charge in [-0.05, 0) is 32.2 Å². The van der Waals surface area contributed by atoms with Gasteiger partial charge in [-0.15, -0.1) is 11.8 Å². The van der Waals surface area contributed by atoms with Crippen LogP contribution in [0.15, 0.2) is 28.9 Å². The summed E-state index contributed by atoms with van der Waals surface area (Å²) in [6, 6.07) is 2.18. The molecule has 1 aromatic rings. The first-order valence-electron chi connectivity index (χ1n) is 7.09. The Balaban J connectivity index is 2.85. The molecule has 0 aliphatic heterocycles. The summed E-state index contributed by atoms with van der Waals surface area (Å²) in [4.78, 5) is 17.6. The third-order valence-electron chi connectivity index (χ3n) is 3.24. The van der Waals surface area contributed by atoms with Gasteiger partial charge in [-0.25, -0.2) is 4.98 Å². The zero-order chi connectivity index (χ0) is 18.3. The van der Waals surface area contributed by atoms with Crippen LogP contribution < -0.4 is 5.32 Å². The van der Waals surface area contributed by atoms with Gasteiger partial charge in [-0.1, -0.05) is 0 Å². The summed E-state index contributed by atoms with van der Waals surface area (Å²) in [7, 11) is 0. The average Bonchev–Trinajstić information content (AvgIpc) is 2.51. The van der Waals surface area contributed by atoms with Gasteiger partial charge in [0.2, 0.25) is 0 Å². The zero-order valence-corrected chi connectivity index (χ0v) is 14.5. The molecule has 0 unspecified atom stereocenters. The molecular weight excluding hydrogens is 343 g/mol. The highest BCUT2D eigenvalue weighted by molar-refractivity contribution is 8.03. The van der Waals surface area contributed by atoms with Crippen molar-refractivity contribution in [3.05, 3.63) is 34.5 Å². The van der Waals surface area contributed by atoms with Gasteiger partial charge in [0.15, 0.2) is 5.78 Å². The summed E-state index contributed by atoms with van der Waals surface area (Å²) in [5.41, 5.74) is -0.138. The van der Waals surface area contributed by atoms with Crippen LogP contribution in [0.5, 0.6) is 0 Å². The molecule has 9 heteroatoms. The highest BCUT2D eigenvalue weighted by atomic mass is 32.2. The molecule has 24 heavy (non-hydrogen) atoms. The second kappa shape index (κ2) is 8.93. The van der Waals surface area contributed by atoms with Crippen LogP contribution in [-0.4, -0.2) is 46.8 Å². The second-order valence-corrected chi connectivity index (χ2v) is 5.74. The topological polar surface area (TPSA) is 65.5 Å². The van der Waals surface area contributed by atoms with Gasteiger partial charge < -0.3 is 15.3 Å². The smallest absolute Gasteiger partial charge is 0.395 e. The molecule has 0 spiro atoms. The number of anilines is 1. The number of hydrogen-bond donors (Lipinski definition) is 2. The normalized spacial score (nSPS) is 12.6. The standard InChI is InChI=1S/C15H20F3N3O2S/c1-10(14(24-3)11(2)23)21(6-7-22)9-20-13-5-4-12(8-19-13)15(16,17)18/h4-5,8,22H,6-7,9H2,1-3H3,(H,19,20)/b14-10-. The van der Waals surface area contributed by atoms with E-state index in [9.17, 15) is 23.1 Å². The number of carbonyl (C=O) groups excluding carboxylic acids is 1. The Bertz CT molecular complexity index is 589. The van der Waals surface area contributed by atoms with E-state index in [0.717, 1.165) is 12.3 Å². The minimum atomic E-state index is -4.43. The molecule has 0 atom stereocenters. The Morgan fingerprint density at radius 2 is 2.04 bits per heavy atom. The van der Waals surface area contributed by atoms with E-state index in [1.807, 2.05) is 0 Å². The van der Waals surface area contributed by atoms with Gasteiger partial charge in [0.1, 0.15) is 5.82 Å². The van der Waals surface area contributed by atoms with Gasteiger partial charge in [-0.2, -0.15) is 13.2 Å². The number of thioether (sulfide) groups is 1. The SMILES string of the molecule is CS/C(C(C)=O)=C(/C)N(CCO)CNc1ccc(C(F)(F)F)cn1.